The molecule has 0 aliphatic heterocycles. The van der Waals surface area contributed by atoms with Crippen molar-refractivity contribution >= 4 is 29.3 Å². The van der Waals surface area contributed by atoms with Crippen LogP contribution in [0.3, 0.4) is 0 Å². The highest BCUT2D eigenvalue weighted by atomic mass is 32.2. The molecule has 0 unspecified atom stereocenters. The average molecular weight is 410 g/mol. The number of hydrogen-bond donors (Lipinski definition) is 1. The number of anilines is 1. The Hall–Kier alpha value is -3.13. The number of nitrogens with one attached hydrogen (secondary N) is 1. The average Bonchev–Trinajstić information content (AvgIpc) is 3.07. The fourth-order valence-electron chi connectivity index (χ4n) is 2.68. The molecule has 0 spiro atoms. The van der Waals surface area contributed by atoms with E-state index < -0.39 is 0 Å². The minimum absolute atomic E-state index is 0.0786. The second-order valence-corrected chi connectivity index (χ2v) is 7.79. The van der Waals surface area contributed by atoms with Crippen LogP contribution in [-0.4, -0.2) is 51.3 Å². The summed E-state index contributed by atoms with van der Waals surface area (Å²) in [6, 6.07) is 14.9. The van der Waals surface area contributed by atoms with Gasteiger partial charge in [-0.05, 0) is 31.2 Å². The largest absolute Gasteiger partial charge is 0.345 e. The molecule has 0 radical (unpaired) electrons. The summed E-state index contributed by atoms with van der Waals surface area (Å²) in [7, 11) is 5.29. The first-order chi connectivity index (χ1) is 13.8. The molecule has 0 aliphatic rings. The topological polar surface area (TPSA) is 80.1 Å². The first-order valence-electron chi connectivity index (χ1n) is 9.06. The van der Waals surface area contributed by atoms with E-state index in [2.05, 4.69) is 15.5 Å². The molecule has 0 atom stereocenters. The lowest BCUT2D eigenvalue weighted by atomic mass is 10.1. The Morgan fingerprint density at radius 2 is 1.69 bits per heavy atom. The van der Waals surface area contributed by atoms with Crippen molar-refractivity contribution < 1.29 is 9.59 Å². The fourth-order valence-corrected chi connectivity index (χ4v) is 3.39. The van der Waals surface area contributed by atoms with Crippen molar-refractivity contribution in [2.24, 2.45) is 7.05 Å². The molecule has 3 aromatic rings. The van der Waals surface area contributed by atoms with Crippen LogP contribution < -0.4 is 5.32 Å². The zero-order valence-electron chi connectivity index (χ0n) is 16.8. The van der Waals surface area contributed by atoms with Crippen molar-refractivity contribution in [3.05, 3.63) is 59.7 Å². The summed E-state index contributed by atoms with van der Waals surface area (Å²) in [5, 5.41) is 11.9. The summed E-state index contributed by atoms with van der Waals surface area (Å²) in [4.78, 5) is 25.7. The van der Waals surface area contributed by atoms with E-state index in [0.717, 1.165) is 11.4 Å². The van der Waals surface area contributed by atoms with Gasteiger partial charge in [-0.25, -0.2) is 0 Å². The molecule has 8 heteroatoms. The van der Waals surface area contributed by atoms with E-state index in [9.17, 15) is 9.59 Å². The number of hydrogen-bond acceptors (Lipinski definition) is 5. The lowest BCUT2D eigenvalue weighted by Crippen LogP contribution is -2.21. The normalized spacial score (nSPS) is 10.6. The third-order valence-corrected chi connectivity index (χ3v) is 5.32. The molecule has 1 N–H and O–H groups in total. The van der Waals surface area contributed by atoms with Crippen molar-refractivity contribution in [2.45, 2.75) is 12.1 Å². The number of nitrogens with zero attached hydrogens (tertiary/aromatic N) is 4. The summed E-state index contributed by atoms with van der Waals surface area (Å²) in [5.74, 6) is 0.735. The minimum Gasteiger partial charge on any atom is -0.345 e. The van der Waals surface area contributed by atoms with Crippen molar-refractivity contribution in [3.63, 3.8) is 0 Å². The number of aryl methyl sites for hydroxylation is 1. The molecular weight excluding hydrogens is 386 g/mol. The minimum atomic E-state index is -0.151. The number of thioether (sulfide) groups is 1. The molecule has 0 saturated carbocycles. The van der Waals surface area contributed by atoms with Gasteiger partial charge in [0.15, 0.2) is 11.0 Å². The molecule has 150 valence electrons. The summed E-state index contributed by atoms with van der Waals surface area (Å²) in [6.07, 6.45) is 0. The van der Waals surface area contributed by atoms with E-state index in [1.165, 1.54) is 22.2 Å². The van der Waals surface area contributed by atoms with Gasteiger partial charge >= 0.3 is 0 Å². The number of carbonyl (C=O) groups is 2. The monoisotopic (exact) mass is 409 g/mol. The Kier molecular flexibility index (Phi) is 6.33. The molecular formula is C21H23N5O2S. The van der Waals surface area contributed by atoms with E-state index in [4.69, 9.17) is 0 Å². The zero-order valence-corrected chi connectivity index (χ0v) is 17.7. The Labute approximate surface area is 174 Å². The third kappa shape index (κ3) is 5.03. The highest BCUT2D eigenvalue weighted by molar-refractivity contribution is 7.99. The molecule has 0 bridgehead atoms. The van der Waals surface area contributed by atoms with E-state index in [0.29, 0.717) is 16.4 Å². The van der Waals surface area contributed by atoms with Gasteiger partial charge in [-0.15, -0.1) is 10.2 Å². The zero-order chi connectivity index (χ0) is 21.0. The molecule has 29 heavy (non-hydrogen) atoms. The quantitative estimate of drug-likeness (QED) is 0.633. The lowest BCUT2D eigenvalue weighted by Gasteiger charge is -2.11. The SMILES string of the molecule is Cc1ccc(-c2nnc(SCC(=O)Nc3ccc(C(=O)N(C)C)cc3)n2C)cc1. The van der Waals surface area contributed by atoms with E-state index in [1.807, 2.05) is 42.8 Å². The second-order valence-electron chi connectivity index (χ2n) is 6.85. The first kappa shape index (κ1) is 20.6. The highest BCUT2D eigenvalue weighted by Gasteiger charge is 2.13. The maximum Gasteiger partial charge on any atom is 0.253 e. The fraction of sp³-hybridized carbons (Fsp3) is 0.238. The molecule has 0 aliphatic carbocycles. The Balaban J connectivity index is 1.58. The smallest absolute Gasteiger partial charge is 0.253 e. The predicted octanol–water partition coefficient (Wildman–Crippen LogP) is 3.22. The van der Waals surface area contributed by atoms with Crippen LogP contribution in [-0.2, 0) is 11.8 Å². The summed E-state index contributed by atoms with van der Waals surface area (Å²) >= 11 is 1.32. The molecule has 0 saturated heterocycles. The Morgan fingerprint density at radius 3 is 2.31 bits per heavy atom. The van der Waals surface area contributed by atoms with Gasteiger partial charge in [0.2, 0.25) is 5.91 Å². The van der Waals surface area contributed by atoms with Crippen molar-refractivity contribution in [1.82, 2.24) is 19.7 Å². The number of amides is 2. The van der Waals surface area contributed by atoms with Gasteiger partial charge in [0.05, 0.1) is 5.75 Å². The molecule has 2 aromatic carbocycles. The van der Waals surface area contributed by atoms with Gasteiger partial charge in [0, 0.05) is 38.0 Å². The van der Waals surface area contributed by atoms with Crippen LogP contribution in [0.15, 0.2) is 53.7 Å². The van der Waals surface area contributed by atoms with Crippen LogP contribution in [0.1, 0.15) is 15.9 Å². The van der Waals surface area contributed by atoms with Gasteiger partial charge in [-0.3, -0.25) is 9.59 Å². The van der Waals surface area contributed by atoms with Gasteiger partial charge in [-0.1, -0.05) is 41.6 Å². The molecule has 1 heterocycles. The highest BCUT2D eigenvalue weighted by Crippen LogP contribution is 2.23. The van der Waals surface area contributed by atoms with Crippen LogP contribution in [0.2, 0.25) is 0 Å². The molecule has 0 fully saturated rings. The number of aromatic nitrogens is 3. The van der Waals surface area contributed by atoms with Crippen LogP contribution in [0, 0.1) is 6.92 Å². The van der Waals surface area contributed by atoms with Crippen LogP contribution in [0.25, 0.3) is 11.4 Å². The van der Waals surface area contributed by atoms with Gasteiger partial charge in [0.25, 0.3) is 5.91 Å². The maximum atomic E-state index is 12.3. The molecule has 3 rings (SSSR count). The second kappa shape index (κ2) is 8.91. The Bertz CT molecular complexity index is 1010. The van der Waals surface area contributed by atoms with Crippen molar-refractivity contribution in [3.8, 4) is 11.4 Å². The molecule has 2 amide bonds. The maximum absolute atomic E-state index is 12.3. The van der Waals surface area contributed by atoms with Crippen LogP contribution in [0.4, 0.5) is 5.69 Å². The van der Waals surface area contributed by atoms with Gasteiger partial charge in [0.1, 0.15) is 0 Å². The molecule has 7 nitrogen and oxygen atoms in total. The lowest BCUT2D eigenvalue weighted by molar-refractivity contribution is -0.113. The number of benzene rings is 2. The molecule has 1 aromatic heterocycles. The first-order valence-corrected chi connectivity index (χ1v) is 10.0. The van der Waals surface area contributed by atoms with Crippen molar-refractivity contribution in [2.75, 3.05) is 25.2 Å². The van der Waals surface area contributed by atoms with E-state index in [-0.39, 0.29) is 17.6 Å². The number of carbonyl (C=O) groups excluding carboxylic acids is 2. The predicted molar refractivity (Wildman–Crippen MR) is 115 cm³/mol. The van der Waals surface area contributed by atoms with Gasteiger partial charge in [-0.2, -0.15) is 0 Å². The van der Waals surface area contributed by atoms with Crippen molar-refractivity contribution in [1.29, 1.82) is 0 Å². The Morgan fingerprint density at radius 1 is 1.03 bits per heavy atom. The number of rotatable bonds is 6. The summed E-state index contributed by atoms with van der Waals surface area (Å²) < 4.78 is 1.88. The standard InChI is InChI=1S/C21H23N5O2S/c1-14-5-7-15(8-6-14)19-23-24-21(26(19)4)29-13-18(27)22-17-11-9-16(10-12-17)20(28)25(2)3/h5-12H,13H2,1-4H3,(H,22,27). The van der Waals surface area contributed by atoms with Crippen LogP contribution >= 0.6 is 11.8 Å². The summed E-state index contributed by atoms with van der Waals surface area (Å²) in [5.41, 5.74) is 3.38. The van der Waals surface area contributed by atoms with E-state index >= 15 is 0 Å². The van der Waals surface area contributed by atoms with Crippen LogP contribution in [0.5, 0.6) is 0 Å². The van der Waals surface area contributed by atoms with Gasteiger partial charge < -0.3 is 14.8 Å². The summed E-state index contributed by atoms with van der Waals surface area (Å²) in [6.45, 7) is 2.04. The van der Waals surface area contributed by atoms with E-state index in [1.54, 1.807) is 38.4 Å². The third-order valence-electron chi connectivity index (χ3n) is 4.30.